The predicted molar refractivity (Wildman–Crippen MR) is 116 cm³/mol. The number of methoxy groups -OCH3 is 1. The molecule has 0 bridgehead atoms. The van der Waals surface area contributed by atoms with Crippen molar-refractivity contribution in [1.29, 1.82) is 5.26 Å². The van der Waals surface area contributed by atoms with Gasteiger partial charge in [-0.25, -0.2) is 0 Å². The number of anilines is 1. The number of nitriles is 1. The molecule has 3 aromatic rings. The van der Waals surface area contributed by atoms with Crippen molar-refractivity contribution in [3.8, 4) is 17.5 Å². The van der Waals surface area contributed by atoms with Crippen molar-refractivity contribution in [2.24, 2.45) is 0 Å². The van der Waals surface area contributed by atoms with Gasteiger partial charge in [0.15, 0.2) is 0 Å². The van der Waals surface area contributed by atoms with Crippen molar-refractivity contribution >= 4 is 23.1 Å². The lowest BCUT2D eigenvalue weighted by Gasteiger charge is -2.15. The van der Waals surface area contributed by atoms with Crippen LogP contribution in [0.2, 0.25) is 0 Å². The second kappa shape index (κ2) is 8.95. The maximum absolute atomic E-state index is 12.6. The number of aromatic nitrogens is 1. The van der Waals surface area contributed by atoms with E-state index in [4.69, 9.17) is 4.74 Å². The Kier molecular flexibility index (Phi) is 6.37. The van der Waals surface area contributed by atoms with Crippen LogP contribution >= 0.6 is 11.3 Å². The van der Waals surface area contributed by atoms with Gasteiger partial charge in [-0.15, -0.1) is 11.3 Å². The first-order valence-electron chi connectivity index (χ1n) is 9.29. The summed E-state index contributed by atoms with van der Waals surface area (Å²) in [6.45, 7) is 6.00. The molecule has 29 heavy (non-hydrogen) atoms. The van der Waals surface area contributed by atoms with Gasteiger partial charge >= 0.3 is 0 Å². The zero-order valence-corrected chi connectivity index (χ0v) is 17.8. The molecular formula is C22H24N4O2S. The zero-order chi connectivity index (χ0) is 21.0. The van der Waals surface area contributed by atoms with Crippen LogP contribution in [0.1, 0.15) is 34.7 Å². The van der Waals surface area contributed by atoms with Crippen molar-refractivity contribution in [2.45, 2.75) is 26.8 Å². The number of hydrogen-bond donors (Lipinski definition) is 2. The lowest BCUT2D eigenvalue weighted by atomic mass is 10.2. The molecule has 0 aliphatic heterocycles. The Morgan fingerprint density at radius 2 is 2.00 bits per heavy atom. The normalized spacial score (nSPS) is 11.7. The Morgan fingerprint density at radius 1 is 1.28 bits per heavy atom. The maximum Gasteiger partial charge on any atom is 0.239 e. The van der Waals surface area contributed by atoms with E-state index in [1.807, 2.05) is 67.1 Å². The maximum atomic E-state index is 12.6. The molecule has 3 rings (SSSR count). The van der Waals surface area contributed by atoms with Crippen LogP contribution in [-0.2, 0) is 4.79 Å². The Hall–Kier alpha value is -3.08. The number of ether oxygens (including phenoxy) is 1. The van der Waals surface area contributed by atoms with Gasteiger partial charge in [-0.05, 0) is 62.0 Å². The van der Waals surface area contributed by atoms with E-state index >= 15 is 0 Å². The molecule has 6 nitrogen and oxygen atoms in total. The summed E-state index contributed by atoms with van der Waals surface area (Å²) in [6, 6.07) is 13.8. The number of carbonyl (C=O) groups excluding carboxylic acids is 1. The first-order valence-corrected chi connectivity index (χ1v) is 10.2. The summed E-state index contributed by atoms with van der Waals surface area (Å²) in [5, 5.41) is 17.8. The molecule has 2 aromatic heterocycles. The van der Waals surface area contributed by atoms with Crippen molar-refractivity contribution in [1.82, 2.24) is 9.88 Å². The quantitative estimate of drug-likeness (QED) is 0.610. The zero-order valence-electron chi connectivity index (χ0n) is 16.9. The molecule has 0 saturated heterocycles. The van der Waals surface area contributed by atoms with Crippen LogP contribution in [0, 0.1) is 25.2 Å². The molecule has 0 saturated carbocycles. The van der Waals surface area contributed by atoms with E-state index in [9.17, 15) is 10.1 Å². The minimum atomic E-state index is -0.197. The molecule has 2 N–H and O–H groups in total. The SMILES string of the molecule is COc1ccc(-n2c(C)c(C)c(C#N)c2NC(=O)CNC(C)c2cccs2)cc1. The third-order valence-electron chi connectivity index (χ3n) is 4.95. The summed E-state index contributed by atoms with van der Waals surface area (Å²) < 4.78 is 7.12. The highest BCUT2D eigenvalue weighted by Crippen LogP contribution is 2.30. The monoisotopic (exact) mass is 408 g/mol. The van der Waals surface area contributed by atoms with Gasteiger partial charge in [0.2, 0.25) is 5.91 Å². The van der Waals surface area contributed by atoms with Crippen LogP contribution in [0.5, 0.6) is 5.75 Å². The Bertz CT molecular complexity index is 1030. The number of nitrogens with one attached hydrogen (secondary N) is 2. The standard InChI is InChI=1S/C22H24N4O2S/c1-14-16(3)26(17-7-9-18(28-4)10-8-17)22(19(14)12-23)25-21(27)13-24-15(2)20-6-5-11-29-20/h5-11,15,24H,13H2,1-4H3,(H,25,27). The van der Waals surface area contributed by atoms with E-state index in [-0.39, 0.29) is 18.5 Å². The van der Waals surface area contributed by atoms with Gasteiger partial charge in [0.1, 0.15) is 17.6 Å². The number of rotatable bonds is 7. The van der Waals surface area contributed by atoms with Gasteiger partial charge in [0.05, 0.1) is 19.2 Å². The van der Waals surface area contributed by atoms with E-state index in [1.54, 1.807) is 18.4 Å². The molecule has 0 aliphatic carbocycles. The lowest BCUT2D eigenvalue weighted by molar-refractivity contribution is -0.115. The van der Waals surface area contributed by atoms with Crippen molar-refractivity contribution in [3.05, 3.63) is 63.5 Å². The Morgan fingerprint density at radius 3 is 2.59 bits per heavy atom. The predicted octanol–water partition coefficient (Wildman–Crippen LogP) is 4.33. The number of carbonyl (C=O) groups is 1. The summed E-state index contributed by atoms with van der Waals surface area (Å²) >= 11 is 1.65. The average Bonchev–Trinajstić information content (AvgIpc) is 3.34. The van der Waals surface area contributed by atoms with E-state index in [0.29, 0.717) is 11.4 Å². The van der Waals surface area contributed by atoms with E-state index < -0.39 is 0 Å². The van der Waals surface area contributed by atoms with Gasteiger partial charge < -0.3 is 15.4 Å². The molecule has 2 heterocycles. The topological polar surface area (TPSA) is 79.1 Å². The van der Waals surface area contributed by atoms with Gasteiger partial charge in [-0.3, -0.25) is 9.36 Å². The van der Waals surface area contributed by atoms with Crippen molar-refractivity contribution in [3.63, 3.8) is 0 Å². The first-order chi connectivity index (χ1) is 14.0. The third kappa shape index (κ3) is 4.34. The van der Waals surface area contributed by atoms with Crippen LogP contribution < -0.4 is 15.4 Å². The molecule has 1 aromatic carbocycles. The largest absolute Gasteiger partial charge is 0.497 e. The van der Waals surface area contributed by atoms with Gasteiger partial charge in [-0.2, -0.15) is 5.26 Å². The molecule has 150 valence electrons. The molecule has 7 heteroatoms. The second-order valence-corrected chi connectivity index (χ2v) is 7.72. The van der Waals surface area contributed by atoms with Crippen LogP contribution in [0.3, 0.4) is 0 Å². The summed E-state index contributed by atoms with van der Waals surface area (Å²) in [4.78, 5) is 13.8. The number of nitrogens with zero attached hydrogens (tertiary/aromatic N) is 2. The molecule has 0 radical (unpaired) electrons. The highest BCUT2D eigenvalue weighted by atomic mass is 32.1. The van der Waals surface area contributed by atoms with Gasteiger partial charge in [0, 0.05) is 22.3 Å². The smallest absolute Gasteiger partial charge is 0.239 e. The van der Waals surface area contributed by atoms with Crippen LogP contribution in [0.25, 0.3) is 5.69 Å². The molecule has 0 fully saturated rings. The second-order valence-electron chi connectivity index (χ2n) is 6.75. The van der Waals surface area contributed by atoms with Crippen LogP contribution in [0.4, 0.5) is 5.82 Å². The average molecular weight is 409 g/mol. The van der Waals surface area contributed by atoms with E-state index in [1.165, 1.54) is 4.88 Å². The van der Waals surface area contributed by atoms with Crippen LogP contribution in [0.15, 0.2) is 41.8 Å². The van der Waals surface area contributed by atoms with Crippen molar-refractivity contribution in [2.75, 3.05) is 19.0 Å². The molecule has 0 spiro atoms. The number of hydrogen-bond acceptors (Lipinski definition) is 5. The van der Waals surface area contributed by atoms with Gasteiger partial charge in [-0.1, -0.05) is 6.07 Å². The summed E-state index contributed by atoms with van der Waals surface area (Å²) in [7, 11) is 1.61. The number of thiophene rings is 1. The third-order valence-corrected chi connectivity index (χ3v) is 6.01. The Labute approximate surface area is 174 Å². The van der Waals surface area contributed by atoms with Crippen LogP contribution in [-0.4, -0.2) is 24.1 Å². The lowest BCUT2D eigenvalue weighted by Crippen LogP contribution is -2.30. The highest BCUT2D eigenvalue weighted by molar-refractivity contribution is 7.10. The van der Waals surface area contributed by atoms with Crippen molar-refractivity contribution < 1.29 is 9.53 Å². The summed E-state index contributed by atoms with van der Waals surface area (Å²) in [5.74, 6) is 1.04. The minimum absolute atomic E-state index is 0.0769. The van der Waals surface area contributed by atoms with E-state index in [0.717, 1.165) is 22.7 Å². The fourth-order valence-corrected chi connectivity index (χ4v) is 3.93. The number of amides is 1. The molecular weight excluding hydrogens is 384 g/mol. The molecule has 0 aliphatic rings. The highest BCUT2D eigenvalue weighted by Gasteiger charge is 2.21. The fourth-order valence-electron chi connectivity index (χ4n) is 3.18. The Balaban J connectivity index is 1.84. The fraction of sp³-hybridized carbons (Fsp3) is 0.273. The summed E-state index contributed by atoms with van der Waals surface area (Å²) in [6.07, 6.45) is 0. The summed E-state index contributed by atoms with van der Waals surface area (Å²) in [5.41, 5.74) is 3.07. The first kappa shape index (κ1) is 20.6. The number of benzene rings is 1. The van der Waals surface area contributed by atoms with E-state index in [2.05, 4.69) is 16.7 Å². The minimum Gasteiger partial charge on any atom is -0.497 e. The molecule has 1 unspecified atom stereocenters. The molecule has 1 atom stereocenters. The van der Waals surface area contributed by atoms with Gasteiger partial charge in [0.25, 0.3) is 0 Å². The molecule has 1 amide bonds.